The van der Waals surface area contributed by atoms with E-state index in [1.54, 1.807) is 0 Å². The third-order valence-corrected chi connectivity index (χ3v) is 16.8. The molecule has 9 nitrogen and oxygen atoms in total. The van der Waals surface area contributed by atoms with Crippen LogP contribution >= 0.6 is 0 Å². The van der Waals surface area contributed by atoms with Crippen LogP contribution in [0.2, 0.25) is 0 Å². The molecule has 0 aliphatic carbocycles. The molecule has 3 unspecified atom stereocenters. The van der Waals surface area contributed by atoms with Crippen molar-refractivity contribution in [2.24, 2.45) is 35.5 Å². The molecule has 0 saturated carbocycles. The first-order valence-electron chi connectivity index (χ1n) is 34.0. The first kappa shape index (κ1) is 73.4. The van der Waals surface area contributed by atoms with Gasteiger partial charge in [-0.25, -0.2) is 0 Å². The second kappa shape index (κ2) is 40.3. The maximum absolute atomic E-state index is 4.48. The lowest BCUT2D eigenvalue weighted by Gasteiger charge is -2.21. The van der Waals surface area contributed by atoms with E-state index in [0.29, 0.717) is 65.1 Å². The smallest absolute Gasteiger partial charge is 0.0496 e. The van der Waals surface area contributed by atoms with E-state index in [1.807, 2.05) is 141 Å². The van der Waals surface area contributed by atoms with E-state index in [-0.39, 0.29) is 5.92 Å². The highest BCUT2D eigenvalue weighted by molar-refractivity contribution is 5.35. The highest BCUT2D eigenvalue weighted by atomic mass is 14.7. The van der Waals surface area contributed by atoms with Crippen LogP contribution in [0.4, 0.5) is 0 Å². The summed E-state index contributed by atoms with van der Waals surface area (Å²) >= 11 is 0. The van der Waals surface area contributed by atoms with Gasteiger partial charge in [0.25, 0.3) is 0 Å². The fourth-order valence-electron chi connectivity index (χ4n) is 12.6. The molecule has 0 aliphatic heterocycles. The predicted molar refractivity (Wildman–Crippen MR) is 398 cm³/mol. The molecule has 0 aliphatic rings. The summed E-state index contributed by atoms with van der Waals surface area (Å²) in [6, 6.07) is 75.1. The molecule has 0 bridgehead atoms. The summed E-state index contributed by atoms with van der Waals surface area (Å²) < 4.78 is 0. The number of nitrogens with zero attached hydrogens (tertiary/aromatic N) is 9. The van der Waals surface area contributed by atoms with Crippen molar-refractivity contribution in [2.45, 2.75) is 119 Å². The van der Waals surface area contributed by atoms with Crippen LogP contribution in [0.3, 0.4) is 0 Å². The van der Waals surface area contributed by atoms with Gasteiger partial charge in [0.05, 0.1) is 0 Å². The molecule has 0 saturated heterocycles. The zero-order valence-electron chi connectivity index (χ0n) is 58.4. The Morgan fingerprint density at radius 3 is 0.625 bits per heavy atom. The van der Waals surface area contributed by atoms with Crippen molar-refractivity contribution in [1.29, 1.82) is 0 Å². The van der Waals surface area contributed by atoms with Gasteiger partial charge in [0.2, 0.25) is 0 Å². The third-order valence-electron chi connectivity index (χ3n) is 16.8. The summed E-state index contributed by atoms with van der Waals surface area (Å²) in [5.74, 6) is 5.67. The Kier molecular flexibility index (Phi) is 30.8. The Labute approximate surface area is 574 Å². The second-order valence-electron chi connectivity index (χ2n) is 26.0. The van der Waals surface area contributed by atoms with E-state index >= 15 is 0 Å². The molecule has 9 aromatic heterocycles. The minimum atomic E-state index is 0.280. The fraction of sp³-hybridized carbons (Fsp3) is 0.276. The summed E-state index contributed by atoms with van der Waals surface area (Å²) in [7, 11) is 0. The topological polar surface area (TPSA) is 116 Å². The largest absolute Gasteiger partial charge is 0.265 e. The van der Waals surface area contributed by atoms with Crippen molar-refractivity contribution in [3.8, 4) is 0 Å². The normalized spacial score (nSPS) is 11.8. The van der Waals surface area contributed by atoms with Crippen LogP contribution in [-0.2, 0) is 0 Å². The van der Waals surface area contributed by atoms with Gasteiger partial charge in [0.15, 0.2) is 0 Å². The number of hydrogen-bond donors (Lipinski definition) is 0. The summed E-state index contributed by atoms with van der Waals surface area (Å²) in [6.07, 6.45) is 28.0. The fourth-order valence-corrected chi connectivity index (χ4v) is 12.6. The van der Waals surface area contributed by atoms with Gasteiger partial charge < -0.3 is 0 Å². The number of hydrogen-bond acceptors (Lipinski definition) is 9. The maximum Gasteiger partial charge on any atom is 0.0496 e. The molecule has 0 radical (unpaired) electrons. The zero-order chi connectivity index (χ0) is 68.3. The summed E-state index contributed by atoms with van der Waals surface area (Å²) in [5, 5.41) is 0. The van der Waals surface area contributed by atoms with E-state index in [9.17, 15) is 0 Å². The van der Waals surface area contributed by atoms with E-state index in [0.717, 1.165) is 17.1 Å². The van der Waals surface area contributed by atoms with Gasteiger partial charge in [0.1, 0.15) is 0 Å². The Balaban J connectivity index is 0.000000163. The van der Waals surface area contributed by atoms with Gasteiger partial charge in [-0.15, -0.1) is 0 Å². The Morgan fingerprint density at radius 1 is 0.167 bits per heavy atom. The maximum atomic E-state index is 4.48. The lowest BCUT2D eigenvalue weighted by Crippen LogP contribution is -2.11. The Morgan fingerprint density at radius 2 is 0.385 bits per heavy atom. The first-order chi connectivity index (χ1) is 46.7. The average molecular weight is 1270 g/mol. The molecular weight excluding hydrogens is 1170 g/mol. The standard InChI is InChI=1S/3C15H17N.3C14H16N2/c1-12(2)15(13-8-4-3-5-9-13)14-10-6-7-11-16-14;1-12(2)15(13-7-4-3-5-8-13)14-9-6-10-16-11-14;1-12(2)15(13-6-4-3-5-7-13)14-8-10-16-11-9-14;1-11(2)14(12-3-7-15-8-4-12)13-5-9-16-10-6-13;1-11(2)14(12-5-3-7-15-9-12)13-6-4-8-16-10-13;1-11(2)14(12-7-3-5-9-15-12)13-8-4-6-10-16-13/h3*3-12,15H,1-2H3;3*3-11,14H,1-2H3. The summed E-state index contributed by atoms with van der Waals surface area (Å²) in [4.78, 5) is 38.2. The van der Waals surface area contributed by atoms with Crippen LogP contribution in [0, 0.1) is 35.5 Å². The molecule has 0 spiro atoms. The number of benzene rings is 3. The number of rotatable bonds is 18. The van der Waals surface area contributed by atoms with Crippen LogP contribution in [0.5, 0.6) is 0 Å². The van der Waals surface area contributed by atoms with Gasteiger partial charge in [-0.1, -0.05) is 210 Å². The van der Waals surface area contributed by atoms with Crippen LogP contribution < -0.4 is 0 Å². The first-order valence-corrected chi connectivity index (χ1v) is 34.0. The minimum absolute atomic E-state index is 0.280. The van der Waals surface area contributed by atoms with Crippen molar-refractivity contribution < 1.29 is 0 Å². The van der Waals surface area contributed by atoms with Gasteiger partial charge in [-0.05, 0) is 177 Å². The van der Waals surface area contributed by atoms with Crippen LogP contribution in [0.15, 0.2) is 311 Å². The average Bonchev–Trinajstić information content (AvgIpc) is 2.51. The molecule has 0 fully saturated rings. The van der Waals surface area contributed by atoms with Gasteiger partial charge in [0, 0.05) is 146 Å². The molecule has 12 rings (SSSR count). The van der Waals surface area contributed by atoms with E-state index in [1.165, 1.54) is 50.1 Å². The number of pyridine rings is 9. The minimum Gasteiger partial charge on any atom is -0.265 e. The highest BCUT2D eigenvalue weighted by Crippen LogP contribution is 2.36. The Bertz CT molecular complexity index is 2970. The molecule has 0 amide bonds. The van der Waals surface area contributed by atoms with Crippen LogP contribution in [0.25, 0.3) is 0 Å². The SMILES string of the molecule is CC(C)C(c1ccccc1)c1ccccn1.CC(C)C(c1ccccc1)c1cccnc1.CC(C)C(c1ccccc1)c1ccncc1.CC(C)C(c1ccccn1)c1ccccn1.CC(C)C(c1cccnc1)c1cccnc1.CC(C)C(c1ccncc1)c1ccncc1. The van der Waals surface area contributed by atoms with Crippen LogP contribution in [-0.4, -0.2) is 44.9 Å². The molecular formula is C87H99N9. The molecule has 9 heterocycles. The molecule has 0 N–H and O–H groups in total. The monoisotopic (exact) mass is 1270 g/mol. The summed E-state index contributed by atoms with van der Waals surface area (Å²) in [5.41, 5.74) is 15.2. The quantitative estimate of drug-likeness (QED) is 0.0828. The molecule has 12 aromatic rings. The van der Waals surface area contributed by atoms with Crippen molar-refractivity contribution in [1.82, 2.24) is 44.9 Å². The van der Waals surface area contributed by atoms with Gasteiger partial charge >= 0.3 is 0 Å². The van der Waals surface area contributed by atoms with Crippen molar-refractivity contribution in [3.05, 3.63) is 378 Å². The molecule has 3 aromatic carbocycles. The molecule has 9 heteroatoms. The third kappa shape index (κ3) is 23.2. The van der Waals surface area contributed by atoms with Gasteiger partial charge in [-0.2, -0.15) is 0 Å². The number of aromatic nitrogens is 9. The lowest BCUT2D eigenvalue weighted by atomic mass is 9.83. The van der Waals surface area contributed by atoms with Gasteiger partial charge in [-0.3, -0.25) is 44.9 Å². The van der Waals surface area contributed by atoms with Crippen molar-refractivity contribution >= 4 is 0 Å². The van der Waals surface area contributed by atoms with Crippen LogP contribution in [0.1, 0.15) is 186 Å². The Hall–Kier alpha value is -9.99. The second-order valence-corrected chi connectivity index (χ2v) is 26.0. The molecule has 492 valence electrons. The van der Waals surface area contributed by atoms with E-state index < -0.39 is 0 Å². The zero-order valence-corrected chi connectivity index (χ0v) is 58.4. The lowest BCUT2D eigenvalue weighted by molar-refractivity contribution is 0.541. The predicted octanol–water partition coefficient (Wildman–Crippen LogP) is 21.4. The molecule has 3 atom stereocenters. The van der Waals surface area contributed by atoms with Crippen molar-refractivity contribution in [2.75, 3.05) is 0 Å². The summed E-state index contributed by atoms with van der Waals surface area (Å²) in [6.45, 7) is 26.9. The van der Waals surface area contributed by atoms with E-state index in [4.69, 9.17) is 0 Å². The highest BCUT2D eigenvalue weighted by Gasteiger charge is 2.23. The van der Waals surface area contributed by atoms with Crippen molar-refractivity contribution in [3.63, 3.8) is 0 Å². The van der Waals surface area contributed by atoms with E-state index in [2.05, 4.69) is 298 Å². The molecule has 96 heavy (non-hydrogen) atoms.